The van der Waals surface area contributed by atoms with Crippen molar-refractivity contribution in [2.75, 3.05) is 13.1 Å². The van der Waals surface area contributed by atoms with Crippen molar-refractivity contribution >= 4 is 11.8 Å². The first-order chi connectivity index (χ1) is 11.2. The molecule has 0 spiro atoms. The Bertz CT molecular complexity index is 533. The van der Waals surface area contributed by atoms with E-state index in [-0.39, 0.29) is 17.9 Å². The number of nitrogens with one attached hydrogen (secondary N) is 1. The van der Waals surface area contributed by atoms with E-state index in [1.807, 2.05) is 4.90 Å². The maximum absolute atomic E-state index is 12.6. The van der Waals surface area contributed by atoms with Gasteiger partial charge in [-0.1, -0.05) is 26.7 Å². The van der Waals surface area contributed by atoms with E-state index in [1.165, 1.54) is 12.8 Å². The van der Waals surface area contributed by atoms with Crippen LogP contribution in [0.25, 0.3) is 0 Å². The van der Waals surface area contributed by atoms with Crippen molar-refractivity contribution in [1.29, 1.82) is 0 Å². The summed E-state index contributed by atoms with van der Waals surface area (Å²) in [5, 5.41) is 3.01. The summed E-state index contributed by atoms with van der Waals surface area (Å²) >= 11 is 0. The van der Waals surface area contributed by atoms with Crippen LogP contribution in [0.4, 0.5) is 0 Å². The summed E-state index contributed by atoms with van der Waals surface area (Å²) in [6, 6.07) is 3.55. The van der Waals surface area contributed by atoms with Crippen LogP contribution in [0.3, 0.4) is 0 Å². The highest BCUT2D eigenvalue weighted by Gasteiger charge is 2.20. The molecule has 2 amide bonds. The summed E-state index contributed by atoms with van der Waals surface area (Å²) in [7, 11) is 0. The lowest BCUT2D eigenvalue weighted by atomic mass is 10.1. The summed E-state index contributed by atoms with van der Waals surface area (Å²) < 4.78 is 0. The lowest BCUT2D eigenvalue weighted by Crippen LogP contribution is -2.34. The van der Waals surface area contributed by atoms with Gasteiger partial charge in [0.15, 0.2) is 0 Å². The number of rotatable bonds is 7. The van der Waals surface area contributed by atoms with Crippen LogP contribution in [0.1, 0.15) is 73.2 Å². The zero-order valence-electron chi connectivity index (χ0n) is 14.2. The van der Waals surface area contributed by atoms with Crippen LogP contribution in [0.15, 0.2) is 18.3 Å². The van der Waals surface area contributed by atoms with Crippen molar-refractivity contribution in [3.8, 4) is 0 Å². The third-order valence-electron chi connectivity index (χ3n) is 4.20. The second-order valence-electron chi connectivity index (χ2n) is 6.18. The van der Waals surface area contributed by atoms with Crippen LogP contribution < -0.4 is 5.32 Å². The summed E-state index contributed by atoms with van der Waals surface area (Å²) in [6.45, 7) is 5.59. The number of amides is 2. The predicted molar refractivity (Wildman–Crippen MR) is 90.4 cm³/mol. The van der Waals surface area contributed by atoms with Crippen LogP contribution in [-0.2, 0) is 0 Å². The molecule has 5 nitrogen and oxygen atoms in total. The topological polar surface area (TPSA) is 62.3 Å². The Balaban J connectivity index is 2.08. The number of carbonyl (C=O) groups excluding carboxylic acids is 2. The Morgan fingerprint density at radius 3 is 2.48 bits per heavy atom. The number of hydrogen-bond donors (Lipinski definition) is 1. The third kappa shape index (κ3) is 4.78. The first-order valence-electron chi connectivity index (χ1n) is 8.71. The molecule has 1 saturated carbocycles. The van der Waals surface area contributed by atoms with E-state index < -0.39 is 0 Å². The van der Waals surface area contributed by atoms with Gasteiger partial charge in [-0.05, 0) is 37.8 Å². The molecule has 0 aliphatic heterocycles. The van der Waals surface area contributed by atoms with Crippen LogP contribution in [0.5, 0.6) is 0 Å². The molecule has 0 aromatic carbocycles. The van der Waals surface area contributed by atoms with E-state index >= 15 is 0 Å². The second-order valence-corrected chi connectivity index (χ2v) is 6.18. The van der Waals surface area contributed by atoms with Gasteiger partial charge in [0.1, 0.15) is 5.69 Å². The monoisotopic (exact) mass is 317 g/mol. The fourth-order valence-corrected chi connectivity index (χ4v) is 3.05. The average molecular weight is 317 g/mol. The SMILES string of the molecule is CCCN(CCC)C(=O)c1ccnc(C(=O)NC2CCCC2)c1. The van der Waals surface area contributed by atoms with E-state index in [0.29, 0.717) is 11.3 Å². The zero-order chi connectivity index (χ0) is 16.7. The van der Waals surface area contributed by atoms with Gasteiger partial charge in [0.2, 0.25) is 0 Å². The molecule has 1 heterocycles. The van der Waals surface area contributed by atoms with Crippen molar-refractivity contribution in [3.05, 3.63) is 29.6 Å². The number of nitrogens with zero attached hydrogens (tertiary/aromatic N) is 2. The normalized spacial score (nSPS) is 14.7. The third-order valence-corrected chi connectivity index (χ3v) is 4.20. The Kier molecular flexibility index (Phi) is 6.56. The Morgan fingerprint density at radius 2 is 1.87 bits per heavy atom. The summed E-state index contributed by atoms with van der Waals surface area (Å²) in [5.41, 5.74) is 0.870. The standard InChI is InChI=1S/C18H27N3O2/c1-3-11-21(12-4-2)18(23)14-9-10-19-16(13-14)17(22)20-15-7-5-6-8-15/h9-10,13,15H,3-8,11-12H2,1-2H3,(H,20,22). The number of carbonyl (C=O) groups is 2. The van der Waals surface area contributed by atoms with Gasteiger partial charge < -0.3 is 10.2 Å². The van der Waals surface area contributed by atoms with Gasteiger partial charge in [-0.3, -0.25) is 14.6 Å². The molecule has 5 heteroatoms. The molecule has 0 atom stereocenters. The van der Waals surface area contributed by atoms with Gasteiger partial charge in [0.05, 0.1) is 0 Å². The first-order valence-corrected chi connectivity index (χ1v) is 8.71. The first kappa shape index (κ1) is 17.4. The molecule has 0 bridgehead atoms. The largest absolute Gasteiger partial charge is 0.348 e. The molecule has 0 unspecified atom stereocenters. The van der Waals surface area contributed by atoms with Crippen molar-refractivity contribution in [2.24, 2.45) is 0 Å². The summed E-state index contributed by atoms with van der Waals surface area (Å²) in [6.07, 6.45) is 7.79. The summed E-state index contributed by atoms with van der Waals surface area (Å²) in [5.74, 6) is -0.199. The van der Waals surface area contributed by atoms with Crippen LogP contribution in [0, 0.1) is 0 Å². The highest BCUT2D eigenvalue weighted by atomic mass is 16.2. The Hall–Kier alpha value is -1.91. The summed E-state index contributed by atoms with van der Waals surface area (Å²) in [4.78, 5) is 30.9. The van der Waals surface area contributed by atoms with Gasteiger partial charge in [-0.25, -0.2) is 0 Å². The molecule has 126 valence electrons. The molecule has 23 heavy (non-hydrogen) atoms. The number of pyridine rings is 1. The van der Waals surface area contributed by atoms with Gasteiger partial charge in [-0.2, -0.15) is 0 Å². The van der Waals surface area contributed by atoms with Gasteiger partial charge >= 0.3 is 0 Å². The Labute approximate surface area is 138 Å². The minimum absolute atomic E-state index is 0.0222. The molecule has 1 N–H and O–H groups in total. The molecule has 2 rings (SSSR count). The van der Waals surface area contributed by atoms with E-state index in [1.54, 1.807) is 18.3 Å². The highest BCUT2D eigenvalue weighted by Crippen LogP contribution is 2.18. The second kappa shape index (κ2) is 8.65. The average Bonchev–Trinajstić information content (AvgIpc) is 3.07. The fraction of sp³-hybridized carbons (Fsp3) is 0.611. The molecule has 1 aromatic rings. The molecular formula is C18H27N3O2. The predicted octanol–water partition coefficient (Wildman–Crippen LogP) is 3.02. The van der Waals surface area contributed by atoms with Gasteiger partial charge in [-0.15, -0.1) is 0 Å². The van der Waals surface area contributed by atoms with Crippen molar-refractivity contribution in [2.45, 2.75) is 58.4 Å². The minimum atomic E-state index is -0.177. The molecule has 0 radical (unpaired) electrons. The highest BCUT2D eigenvalue weighted by molar-refractivity contribution is 5.98. The molecule has 0 saturated heterocycles. The number of aromatic nitrogens is 1. The van der Waals surface area contributed by atoms with E-state index in [0.717, 1.165) is 38.8 Å². The van der Waals surface area contributed by atoms with Crippen molar-refractivity contribution < 1.29 is 9.59 Å². The molecule has 1 aliphatic carbocycles. The lowest BCUT2D eigenvalue weighted by molar-refractivity contribution is 0.0755. The van der Waals surface area contributed by atoms with Crippen LogP contribution >= 0.6 is 0 Å². The quantitative estimate of drug-likeness (QED) is 0.841. The van der Waals surface area contributed by atoms with Crippen LogP contribution in [0.2, 0.25) is 0 Å². The van der Waals surface area contributed by atoms with E-state index in [9.17, 15) is 9.59 Å². The van der Waals surface area contributed by atoms with Crippen molar-refractivity contribution in [1.82, 2.24) is 15.2 Å². The van der Waals surface area contributed by atoms with Gasteiger partial charge in [0, 0.05) is 30.9 Å². The van der Waals surface area contributed by atoms with Crippen LogP contribution in [-0.4, -0.2) is 40.8 Å². The minimum Gasteiger partial charge on any atom is -0.348 e. The maximum Gasteiger partial charge on any atom is 0.270 e. The molecule has 1 aromatic heterocycles. The number of hydrogen-bond acceptors (Lipinski definition) is 3. The fourth-order valence-electron chi connectivity index (χ4n) is 3.05. The molecular weight excluding hydrogens is 290 g/mol. The van der Waals surface area contributed by atoms with Crippen molar-refractivity contribution in [3.63, 3.8) is 0 Å². The molecule has 1 aliphatic rings. The van der Waals surface area contributed by atoms with E-state index in [4.69, 9.17) is 0 Å². The van der Waals surface area contributed by atoms with E-state index in [2.05, 4.69) is 24.1 Å². The molecule has 1 fully saturated rings. The Morgan fingerprint density at radius 1 is 1.22 bits per heavy atom. The maximum atomic E-state index is 12.6. The van der Waals surface area contributed by atoms with Gasteiger partial charge in [0.25, 0.3) is 11.8 Å². The zero-order valence-corrected chi connectivity index (χ0v) is 14.2. The lowest BCUT2D eigenvalue weighted by Gasteiger charge is -2.21. The smallest absolute Gasteiger partial charge is 0.270 e.